The lowest BCUT2D eigenvalue weighted by molar-refractivity contribution is -0.0444. The van der Waals surface area contributed by atoms with Crippen LogP contribution in [-0.2, 0) is 21.5 Å². The van der Waals surface area contributed by atoms with Crippen LogP contribution >= 0.6 is 0 Å². The van der Waals surface area contributed by atoms with Gasteiger partial charge in [-0.15, -0.1) is 0 Å². The lowest BCUT2D eigenvalue weighted by Crippen LogP contribution is -2.51. The highest BCUT2D eigenvalue weighted by Crippen LogP contribution is 2.23. The number of aromatic nitrogens is 1. The number of morpholine rings is 1. The second-order valence-electron chi connectivity index (χ2n) is 6.68. The predicted octanol–water partition coefficient (Wildman–Crippen LogP) is 2.33. The summed E-state index contributed by atoms with van der Waals surface area (Å²) in [5.41, 5.74) is 0.747. The molecule has 2 aromatic rings. The summed E-state index contributed by atoms with van der Waals surface area (Å²) in [6.45, 7) is 4.54. The fourth-order valence-electron chi connectivity index (χ4n) is 2.97. The Hall–Kier alpha value is -2.20. The summed E-state index contributed by atoms with van der Waals surface area (Å²) in [4.78, 5) is 4.17. The van der Waals surface area contributed by atoms with Gasteiger partial charge in [0.1, 0.15) is 11.5 Å². The predicted molar refractivity (Wildman–Crippen MR) is 105 cm³/mol. The largest absolute Gasteiger partial charge is 0.497 e. The van der Waals surface area contributed by atoms with Gasteiger partial charge in [-0.05, 0) is 49.7 Å². The van der Waals surface area contributed by atoms with Gasteiger partial charge in [0.2, 0.25) is 5.88 Å². The minimum atomic E-state index is -3.60. The molecule has 0 spiro atoms. The Kier molecular flexibility index (Phi) is 6.50. The Morgan fingerprint density at radius 1 is 1.14 bits per heavy atom. The zero-order chi connectivity index (χ0) is 20.1. The lowest BCUT2D eigenvalue weighted by atomic mass is 10.3. The van der Waals surface area contributed by atoms with Gasteiger partial charge in [0.25, 0.3) is 10.2 Å². The molecular formula is C19H25N3O5S. The summed E-state index contributed by atoms with van der Waals surface area (Å²) < 4.78 is 45.7. The SMILES string of the molecule is COc1ccc(Oc2cc(CNS(=O)(=O)N3CC(C)OC(C)C3)ccn2)cc1. The lowest BCUT2D eigenvalue weighted by Gasteiger charge is -2.34. The maximum Gasteiger partial charge on any atom is 0.279 e. The van der Waals surface area contributed by atoms with Crippen molar-refractivity contribution < 1.29 is 22.6 Å². The molecule has 0 aliphatic carbocycles. The molecule has 152 valence electrons. The van der Waals surface area contributed by atoms with E-state index in [1.807, 2.05) is 13.8 Å². The van der Waals surface area contributed by atoms with E-state index in [1.54, 1.807) is 49.7 Å². The minimum Gasteiger partial charge on any atom is -0.497 e. The van der Waals surface area contributed by atoms with Crippen molar-refractivity contribution in [2.75, 3.05) is 20.2 Å². The Bertz CT molecular complexity index is 879. The first-order chi connectivity index (χ1) is 13.4. The van der Waals surface area contributed by atoms with Crippen molar-refractivity contribution >= 4 is 10.2 Å². The summed E-state index contributed by atoms with van der Waals surface area (Å²) in [6, 6.07) is 10.6. The van der Waals surface area contributed by atoms with E-state index in [2.05, 4.69) is 9.71 Å². The molecule has 1 aromatic carbocycles. The molecule has 1 aliphatic heterocycles. The van der Waals surface area contributed by atoms with Crippen LogP contribution in [0.15, 0.2) is 42.6 Å². The number of nitrogens with zero attached hydrogens (tertiary/aromatic N) is 2. The smallest absolute Gasteiger partial charge is 0.279 e. The van der Waals surface area contributed by atoms with Crippen molar-refractivity contribution in [2.24, 2.45) is 0 Å². The van der Waals surface area contributed by atoms with E-state index in [0.717, 1.165) is 11.3 Å². The van der Waals surface area contributed by atoms with E-state index < -0.39 is 10.2 Å². The molecule has 2 atom stereocenters. The van der Waals surface area contributed by atoms with Crippen LogP contribution in [-0.4, -0.2) is 50.1 Å². The van der Waals surface area contributed by atoms with Crippen molar-refractivity contribution in [2.45, 2.75) is 32.6 Å². The molecule has 0 amide bonds. The van der Waals surface area contributed by atoms with Crippen LogP contribution in [0.1, 0.15) is 19.4 Å². The van der Waals surface area contributed by atoms with E-state index in [-0.39, 0.29) is 18.8 Å². The molecule has 0 bridgehead atoms. The van der Waals surface area contributed by atoms with Crippen LogP contribution < -0.4 is 14.2 Å². The van der Waals surface area contributed by atoms with Crippen molar-refractivity contribution in [3.8, 4) is 17.4 Å². The standard InChI is InChI=1S/C19H25N3O5S/c1-14-12-22(13-15(2)26-14)28(23,24)21-11-16-8-9-20-19(10-16)27-18-6-4-17(25-3)5-7-18/h4-10,14-15,21H,11-13H2,1-3H3. The zero-order valence-corrected chi connectivity index (χ0v) is 17.0. The molecule has 0 saturated carbocycles. The average Bonchev–Trinajstić information content (AvgIpc) is 2.67. The van der Waals surface area contributed by atoms with E-state index >= 15 is 0 Å². The number of methoxy groups -OCH3 is 1. The molecule has 1 aliphatic rings. The van der Waals surface area contributed by atoms with Crippen LogP contribution in [0.25, 0.3) is 0 Å². The van der Waals surface area contributed by atoms with Gasteiger partial charge in [0.15, 0.2) is 0 Å². The summed E-state index contributed by atoms with van der Waals surface area (Å²) in [5.74, 6) is 1.73. The first kappa shape index (κ1) is 20.5. The van der Waals surface area contributed by atoms with Crippen LogP contribution in [0.2, 0.25) is 0 Å². The first-order valence-corrected chi connectivity index (χ1v) is 10.5. The number of ether oxygens (including phenoxy) is 3. The Morgan fingerprint density at radius 3 is 2.43 bits per heavy atom. The topological polar surface area (TPSA) is 90.0 Å². The van der Waals surface area contributed by atoms with Crippen LogP contribution in [0.3, 0.4) is 0 Å². The molecule has 8 nitrogen and oxygen atoms in total. The first-order valence-electron chi connectivity index (χ1n) is 9.03. The number of pyridine rings is 1. The maximum atomic E-state index is 12.6. The van der Waals surface area contributed by atoms with Gasteiger partial charge >= 0.3 is 0 Å². The summed E-state index contributed by atoms with van der Waals surface area (Å²) in [7, 11) is -2.00. The second-order valence-corrected chi connectivity index (χ2v) is 8.44. The van der Waals surface area contributed by atoms with Crippen molar-refractivity contribution in [1.29, 1.82) is 0 Å². The third kappa shape index (κ3) is 5.41. The van der Waals surface area contributed by atoms with Gasteiger partial charge in [0.05, 0.1) is 19.3 Å². The summed E-state index contributed by atoms with van der Waals surface area (Å²) >= 11 is 0. The molecule has 2 heterocycles. The van der Waals surface area contributed by atoms with Crippen molar-refractivity contribution in [3.63, 3.8) is 0 Å². The number of hydrogen-bond acceptors (Lipinski definition) is 6. The number of hydrogen-bond donors (Lipinski definition) is 1. The molecular weight excluding hydrogens is 382 g/mol. The highest BCUT2D eigenvalue weighted by Gasteiger charge is 2.30. The van der Waals surface area contributed by atoms with Crippen LogP contribution in [0, 0.1) is 0 Å². The molecule has 1 fully saturated rings. The minimum absolute atomic E-state index is 0.134. The van der Waals surface area contributed by atoms with E-state index in [1.165, 1.54) is 4.31 Å². The van der Waals surface area contributed by atoms with Gasteiger partial charge in [-0.2, -0.15) is 17.4 Å². The quantitative estimate of drug-likeness (QED) is 0.758. The summed E-state index contributed by atoms with van der Waals surface area (Å²) in [6.07, 6.45) is 1.32. The Labute approximate surface area is 165 Å². The van der Waals surface area contributed by atoms with Crippen LogP contribution in [0.5, 0.6) is 17.4 Å². The number of rotatable bonds is 7. The molecule has 2 unspecified atom stereocenters. The van der Waals surface area contributed by atoms with Crippen molar-refractivity contribution in [3.05, 3.63) is 48.2 Å². The van der Waals surface area contributed by atoms with Gasteiger partial charge in [-0.3, -0.25) is 0 Å². The molecule has 1 N–H and O–H groups in total. The zero-order valence-electron chi connectivity index (χ0n) is 16.2. The Morgan fingerprint density at radius 2 is 1.79 bits per heavy atom. The van der Waals surface area contributed by atoms with Gasteiger partial charge in [0, 0.05) is 31.9 Å². The molecule has 0 radical (unpaired) electrons. The molecule has 3 rings (SSSR count). The molecule has 9 heteroatoms. The fourth-order valence-corrected chi connectivity index (χ4v) is 4.32. The van der Waals surface area contributed by atoms with Gasteiger partial charge in [-0.1, -0.05) is 0 Å². The number of benzene rings is 1. The van der Waals surface area contributed by atoms with E-state index in [9.17, 15) is 8.42 Å². The van der Waals surface area contributed by atoms with Gasteiger partial charge < -0.3 is 14.2 Å². The third-order valence-electron chi connectivity index (χ3n) is 4.27. The normalized spacial score (nSPS) is 20.7. The molecule has 1 aromatic heterocycles. The van der Waals surface area contributed by atoms with E-state index in [0.29, 0.717) is 24.7 Å². The third-order valence-corrected chi connectivity index (χ3v) is 5.75. The highest BCUT2D eigenvalue weighted by molar-refractivity contribution is 7.87. The average molecular weight is 407 g/mol. The Balaban J connectivity index is 1.62. The molecule has 1 saturated heterocycles. The maximum absolute atomic E-state index is 12.6. The van der Waals surface area contributed by atoms with Gasteiger partial charge in [-0.25, -0.2) is 4.98 Å². The molecule has 28 heavy (non-hydrogen) atoms. The van der Waals surface area contributed by atoms with Crippen molar-refractivity contribution in [1.82, 2.24) is 14.0 Å². The monoisotopic (exact) mass is 407 g/mol. The van der Waals surface area contributed by atoms with Crippen LogP contribution in [0.4, 0.5) is 0 Å². The fraction of sp³-hybridized carbons (Fsp3) is 0.421. The number of nitrogens with one attached hydrogen (secondary N) is 1. The summed E-state index contributed by atoms with van der Waals surface area (Å²) in [5, 5.41) is 0. The highest BCUT2D eigenvalue weighted by atomic mass is 32.2. The van der Waals surface area contributed by atoms with E-state index in [4.69, 9.17) is 14.2 Å². The second kappa shape index (κ2) is 8.87.